The third-order valence-electron chi connectivity index (χ3n) is 2.54. The maximum atomic E-state index is 5.74. The molecule has 0 saturated carbocycles. The summed E-state index contributed by atoms with van der Waals surface area (Å²) in [4.78, 5) is 4.35. The van der Waals surface area contributed by atoms with Gasteiger partial charge in [-0.3, -0.25) is 0 Å². The molecule has 0 fully saturated rings. The second kappa shape index (κ2) is 3.95. The molecule has 1 aromatic carbocycles. The molecule has 18 heavy (non-hydrogen) atoms. The topological polar surface area (TPSA) is 107 Å². The molecular formula is C11H11N7. The monoisotopic (exact) mass is 241 g/mol. The number of hydrogen-bond donors (Lipinski definition) is 2. The summed E-state index contributed by atoms with van der Waals surface area (Å²) in [5.74, 6) is 1.06. The molecule has 1 atom stereocenters. The lowest BCUT2D eigenvalue weighted by Crippen LogP contribution is -2.12. The van der Waals surface area contributed by atoms with Crippen molar-refractivity contribution in [3.63, 3.8) is 0 Å². The van der Waals surface area contributed by atoms with Crippen LogP contribution in [0.3, 0.4) is 0 Å². The van der Waals surface area contributed by atoms with Crippen molar-refractivity contribution >= 4 is 17.6 Å². The minimum absolute atomic E-state index is 0.327. The number of nitrogen functional groups attached to an aromatic ring is 2. The van der Waals surface area contributed by atoms with Crippen molar-refractivity contribution in [3.05, 3.63) is 42.0 Å². The van der Waals surface area contributed by atoms with Gasteiger partial charge in [-0.1, -0.05) is 30.3 Å². The van der Waals surface area contributed by atoms with Crippen molar-refractivity contribution in [2.45, 2.75) is 6.17 Å². The predicted molar refractivity (Wildman–Crippen MR) is 67.9 cm³/mol. The number of benzene rings is 1. The Hall–Kier alpha value is -2.70. The van der Waals surface area contributed by atoms with Gasteiger partial charge in [0.1, 0.15) is 11.6 Å². The third kappa shape index (κ3) is 1.71. The molecule has 7 nitrogen and oxygen atoms in total. The van der Waals surface area contributed by atoms with Gasteiger partial charge in [0.2, 0.25) is 0 Å². The first-order chi connectivity index (χ1) is 8.74. The fourth-order valence-electron chi connectivity index (χ4n) is 1.71. The number of nitrogens with two attached hydrogens (primary N) is 2. The Morgan fingerprint density at radius 2 is 1.89 bits per heavy atom. The number of aromatic nitrogens is 2. The highest BCUT2D eigenvalue weighted by Crippen LogP contribution is 2.24. The zero-order valence-corrected chi connectivity index (χ0v) is 9.43. The second-order valence-corrected chi connectivity index (χ2v) is 3.83. The first kappa shape index (κ1) is 10.5. The Morgan fingerprint density at radius 3 is 2.56 bits per heavy atom. The van der Waals surface area contributed by atoms with Crippen LogP contribution in [0.4, 0.5) is 11.6 Å². The van der Waals surface area contributed by atoms with Gasteiger partial charge in [0.15, 0.2) is 6.17 Å². The van der Waals surface area contributed by atoms with Crippen LogP contribution < -0.4 is 11.5 Å². The van der Waals surface area contributed by atoms with Gasteiger partial charge in [-0.25, -0.2) is 4.99 Å². The highest BCUT2D eigenvalue weighted by atomic mass is 15.5. The molecule has 0 bridgehead atoms. The summed E-state index contributed by atoms with van der Waals surface area (Å²) in [5.41, 5.74) is 12.3. The molecule has 1 aliphatic heterocycles. The van der Waals surface area contributed by atoms with Gasteiger partial charge in [-0.2, -0.15) is 9.80 Å². The standard InChI is InChI=1S/C11H11N7/c12-8-6-9(13)18(17-8)11-14-10(15-16-11)7-4-2-1-3-5-7/h1-6,10H,13H2,(H2,12,17). The van der Waals surface area contributed by atoms with Gasteiger partial charge in [0.05, 0.1) is 0 Å². The van der Waals surface area contributed by atoms with E-state index in [-0.39, 0.29) is 6.17 Å². The Labute approximate surface area is 103 Å². The van der Waals surface area contributed by atoms with Crippen LogP contribution in [0.1, 0.15) is 11.7 Å². The van der Waals surface area contributed by atoms with E-state index in [1.54, 1.807) is 6.07 Å². The molecule has 1 aromatic heterocycles. The smallest absolute Gasteiger partial charge is 0.269 e. The lowest BCUT2D eigenvalue weighted by Gasteiger charge is -2.01. The lowest BCUT2D eigenvalue weighted by atomic mass is 10.2. The first-order valence-corrected chi connectivity index (χ1v) is 5.39. The number of azo groups is 1. The molecule has 2 heterocycles. The maximum Gasteiger partial charge on any atom is 0.269 e. The molecule has 0 saturated heterocycles. The van der Waals surface area contributed by atoms with Crippen molar-refractivity contribution in [1.29, 1.82) is 0 Å². The number of hydrogen-bond acceptors (Lipinski definition) is 6. The summed E-state index contributed by atoms with van der Waals surface area (Å²) in [6.07, 6.45) is -0.342. The number of nitrogens with zero attached hydrogens (tertiary/aromatic N) is 5. The van der Waals surface area contributed by atoms with E-state index in [0.717, 1.165) is 5.56 Å². The van der Waals surface area contributed by atoms with Gasteiger partial charge in [-0.15, -0.1) is 10.2 Å². The van der Waals surface area contributed by atoms with E-state index in [0.29, 0.717) is 17.6 Å². The normalized spacial score (nSPS) is 18.0. The Morgan fingerprint density at radius 1 is 1.11 bits per heavy atom. The van der Waals surface area contributed by atoms with E-state index >= 15 is 0 Å². The van der Waals surface area contributed by atoms with Crippen LogP contribution >= 0.6 is 0 Å². The van der Waals surface area contributed by atoms with Gasteiger partial charge < -0.3 is 11.5 Å². The van der Waals surface area contributed by atoms with Crippen molar-refractivity contribution in [2.24, 2.45) is 15.2 Å². The summed E-state index contributed by atoms with van der Waals surface area (Å²) in [6.45, 7) is 0. The zero-order chi connectivity index (χ0) is 12.5. The summed E-state index contributed by atoms with van der Waals surface area (Å²) < 4.78 is 1.38. The van der Waals surface area contributed by atoms with Crippen molar-refractivity contribution < 1.29 is 0 Å². The van der Waals surface area contributed by atoms with Crippen molar-refractivity contribution in [3.8, 4) is 0 Å². The highest BCUT2D eigenvalue weighted by molar-refractivity contribution is 5.86. The summed E-state index contributed by atoms with van der Waals surface area (Å²) in [6, 6.07) is 11.2. The lowest BCUT2D eigenvalue weighted by molar-refractivity contribution is 0.770. The Bertz CT molecular complexity index is 626. The van der Waals surface area contributed by atoms with Crippen LogP contribution in [0.5, 0.6) is 0 Å². The highest BCUT2D eigenvalue weighted by Gasteiger charge is 2.19. The fraction of sp³-hybridized carbons (Fsp3) is 0.0909. The first-order valence-electron chi connectivity index (χ1n) is 5.39. The summed E-state index contributed by atoms with van der Waals surface area (Å²) in [7, 11) is 0. The van der Waals surface area contributed by atoms with E-state index in [9.17, 15) is 0 Å². The molecular weight excluding hydrogens is 230 g/mol. The van der Waals surface area contributed by atoms with E-state index < -0.39 is 0 Å². The van der Waals surface area contributed by atoms with Crippen LogP contribution in [0.15, 0.2) is 51.6 Å². The number of aliphatic imine (C=N–C) groups is 1. The van der Waals surface area contributed by atoms with Gasteiger partial charge >= 0.3 is 0 Å². The van der Waals surface area contributed by atoms with Crippen molar-refractivity contribution in [2.75, 3.05) is 11.5 Å². The summed E-state index contributed by atoms with van der Waals surface area (Å²) >= 11 is 0. The quantitative estimate of drug-likeness (QED) is 0.788. The van der Waals surface area contributed by atoms with E-state index in [2.05, 4.69) is 20.3 Å². The Balaban J connectivity index is 1.94. The van der Waals surface area contributed by atoms with E-state index in [4.69, 9.17) is 11.5 Å². The molecule has 4 N–H and O–H groups in total. The maximum absolute atomic E-state index is 5.74. The minimum Gasteiger partial charge on any atom is -0.383 e. The largest absolute Gasteiger partial charge is 0.383 e. The van der Waals surface area contributed by atoms with Crippen LogP contribution in [0, 0.1) is 0 Å². The van der Waals surface area contributed by atoms with E-state index in [1.165, 1.54) is 4.68 Å². The molecule has 2 aromatic rings. The second-order valence-electron chi connectivity index (χ2n) is 3.83. The number of rotatable bonds is 1. The molecule has 0 amide bonds. The van der Waals surface area contributed by atoms with Gasteiger partial charge in [-0.05, 0) is 0 Å². The Kier molecular flexibility index (Phi) is 2.30. The van der Waals surface area contributed by atoms with Crippen LogP contribution in [-0.4, -0.2) is 15.7 Å². The van der Waals surface area contributed by atoms with Gasteiger partial charge in [0.25, 0.3) is 5.96 Å². The van der Waals surface area contributed by atoms with E-state index in [1.807, 2.05) is 30.3 Å². The van der Waals surface area contributed by atoms with Crippen molar-refractivity contribution in [1.82, 2.24) is 9.78 Å². The molecule has 3 rings (SSSR count). The van der Waals surface area contributed by atoms with Crippen LogP contribution in [0.2, 0.25) is 0 Å². The molecule has 7 heteroatoms. The molecule has 0 aliphatic carbocycles. The molecule has 0 spiro atoms. The fourth-order valence-corrected chi connectivity index (χ4v) is 1.71. The molecule has 1 aliphatic rings. The number of anilines is 2. The predicted octanol–water partition coefficient (Wildman–Crippen LogP) is 1.42. The zero-order valence-electron chi connectivity index (χ0n) is 9.43. The average Bonchev–Trinajstić information content (AvgIpc) is 2.97. The SMILES string of the molecule is Nc1cc(N)n(C2=NC(c3ccccc3)N=N2)n1. The van der Waals surface area contributed by atoms with Gasteiger partial charge in [0, 0.05) is 11.6 Å². The average molecular weight is 241 g/mol. The molecule has 1 unspecified atom stereocenters. The minimum atomic E-state index is -0.342. The summed E-state index contributed by atoms with van der Waals surface area (Å²) in [5, 5.41) is 12.1. The van der Waals surface area contributed by atoms with Crippen LogP contribution in [-0.2, 0) is 0 Å². The molecule has 90 valence electrons. The van der Waals surface area contributed by atoms with Crippen LogP contribution in [0.25, 0.3) is 0 Å². The third-order valence-corrected chi connectivity index (χ3v) is 2.54. The molecule has 0 radical (unpaired) electrons.